The van der Waals surface area contributed by atoms with Gasteiger partial charge in [0.25, 0.3) is 0 Å². The van der Waals surface area contributed by atoms with Gasteiger partial charge in [-0.2, -0.15) is 0 Å². The summed E-state index contributed by atoms with van der Waals surface area (Å²) in [6.07, 6.45) is 2.87. The minimum atomic E-state index is -0.280. The third kappa shape index (κ3) is 1.49. The van der Waals surface area contributed by atoms with Crippen LogP contribution in [-0.4, -0.2) is 17.6 Å². The van der Waals surface area contributed by atoms with Crippen LogP contribution in [-0.2, 0) is 18.2 Å². The van der Waals surface area contributed by atoms with Gasteiger partial charge in [0, 0.05) is 13.2 Å². The first kappa shape index (κ1) is 8.84. The van der Waals surface area contributed by atoms with Crippen LogP contribution in [0.4, 0.5) is 0 Å². The summed E-state index contributed by atoms with van der Waals surface area (Å²) >= 11 is 0. The van der Waals surface area contributed by atoms with Gasteiger partial charge in [-0.05, 0) is 18.1 Å². The lowest BCUT2D eigenvalue weighted by Crippen LogP contribution is -2.06. The van der Waals surface area contributed by atoms with Crippen molar-refractivity contribution in [1.29, 1.82) is 0 Å². The molecule has 0 spiro atoms. The molecule has 0 atom stereocenters. The van der Waals surface area contributed by atoms with Crippen molar-refractivity contribution in [2.24, 2.45) is 7.05 Å². The molecular formula is C9H13NO2. The molecule has 12 heavy (non-hydrogen) atoms. The van der Waals surface area contributed by atoms with E-state index in [1.54, 1.807) is 4.57 Å². The van der Waals surface area contributed by atoms with Crippen LogP contribution >= 0.6 is 0 Å². The number of methoxy groups -OCH3 is 1. The number of nitrogens with zero attached hydrogens (tertiary/aromatic N) is 1. The Morgan fingerprint density at radius 1 is 1.67 bits per heavy atom. The van der Waals surface area contributed by atoms with E-state index in [1.807, 2.05) is 19.3 Å². The first-order valence-electron chi connectivity index (χ1n) is 3.92. The lowest BCUT2D eigenvalue weighted by atomic mass is 10.2. The van der Waals surface area contributed by atoms with E-state index in [-0.39, 0.29) is 5.97 Å². The minimum absolute atomic E-state index is 0.280. The predicted octanol–water partition coefficient (Wildman–Crippen LogP) is 1.37. The first-order chi connectivity index (χ1) is 5.69. The minimum Gasteiger partial charge on any atom is -0.464 e. The molecule has 1 aromatic rings. The Morgan fingerprint density at radius 2 is 2.33 bits per heavy atom. The number of hydrogen-bond donors (Lipinski definition) is 0. The molecule has 0 bridgehead atoms. The molecule has 66 valence electrons. The number of carbonyl (C=O) groups is 1. The van der Waals surface area contributed by atoms with E-state index in [9.17, 15) is 4.79 Å². The van der Waals surface area contributed by atoms with Crippen molar-refractivity contribution in [2.45, 2.75) is 13.3 Å². The van der Waals surface area contributed by atoms with Gasteiger partial charge in [0.05, 0.1) is 7.11 Å². The zero-order chi connectivity index (χ0) is 9.14. The maximum absolute atomic E-state index is 11.1. The second kappa shape index (κ2) is 3.43. The van der Waals surface area contributed by atoms with Crippen molar-refractivity contribution in [1.82, 2.24) is 4.57 Å². The quantitative estimate of drug-likeness (QED) is 0.623. The Kier molecular flexibility index (Phi) is 2.53. The lowest BCUT2D eigenvalue weighted by molar-refractivity contribution is 0.0590. The van der Waals surface area contributed by atoms with Gasteiger partial charge in [-0.3, -0.25) is 0 Å². The SMILES string of the molecule is CCc1cc(C(=O)OC)n(C)c1. The van der Waals surface area contributed by atoms with Crippen molar-refractivity contribution in [3.05, 3.63) is 23.5 Å². The van der Waals surface area contributed by atoms with E-state index in [1.165, 1.54) is 7.11 Å². The fourth-order valence-corrected chi connectivity index (χ4v) is 1.13. The topological polar surface area (TPSA) is 31.2 Å². The highest BCUT2D eigenvalue weighted by Gasteiger charge is 2.10. The maximum Gasteiger partial charge on any atom is 0.354 e. The highest BCUT2D eigenvalue weighted by atomic mass is 16.5. The highest BCUT2D eigenvalue weighted by Crippen LogP contribution is 2.08. The van der Waals surface area contributed by atoms with Crippen LogP contribution < -0.4 is 0 Å². The highest BCUT2D eigenvalue weighted by molar-refractivity contribution is 5.87. The zero-order valence-electron chi connectivity index (χ0n) is 7.63. The Morgan fingerprint density at radius 3 is 2.75 bits per heavy atom. The summed E-state index contributed by atoms with van der Waals surface area (Å²) in [6, 6.07) is 1.85. The molecule has 3 heteroatoms. The molecule has 0 saturated carbocycles. The van der Waals surface area contributed by atoms with Crippen LogP contribution in [0.3, 0.4) is 0 Å². The Bertz CT molecular complexity index is 289. The molecule has 0 saturated heterocycles. The first-order valence-corrected chi connectivity index (χ1v) is 3.92. The molecule has 0 aromatic carbocycles. The number of aryl methyl sites for hydroxylation is 2. The normalized spacial score (nSPS) is 9.92. The molecule has 0 aliphatic heterocycles. The summed E-state index contributed by atoms with van der Waals surface area (Å²) in [5.74, 6) is -0.280. The average Bonchev–Trinajstić information content (AvgIpc) is 2.45. The summed E-state index contributed by atoms with van der Waals surface area (Å²) in [6.45, 7) is 2.05. The van der Waals surface area contributed by atoms with Crippen LogP contribution in [0.25, 0.3) is 0 Å². The number of rotatable bonds is 2. The molecule has 0 unspecified atom stereocenters. The van der Waals surface area contributed by atoms with Gasteiger partial charge in [-0.1, -0.05) is 6.92 Å². The Hall–Kier alpha value is -1.25. The molecular weight excluding hydrogens is 154 g/mol. The van der Waals surface area contributed by atoms with Gasteiger partial charge in [0.15, 0.2) is 0 Å². The van der Waals surface area contributed by atoms with E-state index in [4.69, 9.17) is 0 Å². The fraction of sp³-hybridized carbons (Fsp3) is 0.444. The molecule has 0 fully saturated rings. The molecule has 0 aliphatic carbocycles. The molecule has 0 N–H and O–H groups in total. The smallest absolute Gasteiger partial charge is 0.354 e. The zero-order valence-corrected chi connectivity index (χ0v) is 7.63. The molecule has 0 amide bonds. The van der Waals surface area contributed by atoms with Crippen molar-refractivity contribution in [2.75, 3.05) is 7.11 Å². The monoisotopic (exact) mass is 167 g/mol. The van der Waals surface area contributed by atoms with Gasteiger partial charge >= 0.3 is 5.97 Å². The predicted molar refractivity (Wildman–Crippen MR) is 46.1 cm³/mol. The van der Waals surface area contributed by atoms with E-state index in [2.05, 4.69) is 11.7 Å². The van der Waals surface area contributed by atoms with Crippen LogP contribution in [0.2, 0.25) is 0 Å². The standard InChI is InChI=1S/C9H13NO2/c1-4-7-5-8(9(11)12-3)10(2)6-7/h5-6H,4H2,1-3H3. The number of carbonyl (C=O) groups excluding carboxylic acids is 1. The van der Waals surface area contributed by atoms with Crippen LogP contribution in [0.5, 0.6) is 0 Å². The van der Waals surface area contributed by atoms with Gasteiger partial charge in [0.2, 0.25) is 0 Å². The number of esters is 1. The molecule has 1 rings (SSSR count). The van der Waals surface area contributed by atoms with Gasteiger partial charge in [-0.25, -0.2) is 4.79 Å². The largest absolute Gasteiger partial charge is 0.464 e. The Balaban J connectivity index is 2.99. The van der Waals surface area contributed by atoms with E-state index >= 15 is 0 Å². The molecule has 1 heterocycles. The molecule has 1 aromatic heterocycles. The number of hydrogen-bond acceptors (Lipinski definition) is 2. The summed E-state index contributed by atoms with van der Waals surface area (Å²) in [5, 5.41) is 0. The van der Waals surface area contributed by atoms with Crippen molar-refractivity contribution >= 4 is 5.97 Å². The second-order valence-corrected chi connectivity index (χ2v) is 2.69. The molecule has 0 aliphatic rings. The third-order valence-corrected chi connectivity index (χ3v) is 1.86. The van der Waals surface area contributed by atoms with Crippen molar-refractivity contribution in [3.8, 4) is 0 Å². The van der Waals surface area contributed by atoms with Gasteiger partial charge in [-0.15, -0.1) is 0 Å². The maximum atomic E-state index is 11.1. The van der Waals surface area contributed by atoms with Crippen LogP contribution in [0.1, 0.15) is 23.0 Å². The summed E-state index contributed by atoms with van der Waals surface area (Å²) in [4.78, 5) is 11.1. The van der Waals surface area contributed by atoms with E-state index in [0.717, 1.165) is 12.0 Å². The second-order valence-electron chi connectivity index (χ2n) is 2.69. The molecule has 3 nitrogen and oxygen atoms in total. The van der Waals surface area contributed by atoms with Crippen molar-refractivity contribution in [3.63, 3.8) is 0 Å². The van der Waals surface area contributed by atoms with E-state index < -0.39 is 0 Å². The number of aromatic nitrogens is 1. The third-order valence-electron chi connectivity index (χ3n) is 1.86. The van der Waals surface area contributed by atoms with Gasteiger partial charge < -0.3 is 9.30 Å². The van der Waals surface area contributed by atoms with Gasteiger partial charge in [0.1, 0.15) is 5.69 Å². The summed E-state index contributed by atoms with van der Waals surface area (Å²) < 4.78 is 6.40. The number of ether oxygens (including phenoxy) is 1. The summed E-state index contributed by atoms with van der Waals surface area (Å²) in [5.41, 5.74) is 1.76. The van der Waals surface area contributed by atoms with Crippen LogP contribution in [0.15, 0.2) is 12.3 Å². The van der Waals surface area contributed by atoms with Crippen LogP contribution in [0, 0.1) is 0 Å². The van der Waals surface area contributed by atoms with E-state index in [0.29, 0.717) is 5.69 Å². The average molecular weight is 167 g/mol. The lowest BCUT2D eigenvalue weighted by Gasteiger charge is -1.98. The summed E-state index contributed by atoms with van der Waals surface area (Å²) in [7, 11) is 3.23. The van der Waals surface area contributed by atoms with Crippen molar-refractivity contribution < 1.29 is 9.53 Å². The fourth-order valence-electron chi connectivity index (χ4n) is 1.13. The Labute approximate surface area is 72.0 Å². The molecule has 0 radical (unpaired) electrons.